The van der Waals surface area contributed by atoms with Crippen molar-refractivity contribution >= 4 is 27.7 Å². The molecular formula is C16H18BrNS. The summed E-state index contributed by atoms with van der Waals surface area (Å²) in [7, 11) is 0. The van der Waals surface area contributed by atoms with Gasteiger partial charge in [-0.3, -0.25) is 0 Å². The van der Waals surface area contributed by atoms with Crippen molar-refractivity contribution in [3.05, 3.63) is 63.1 Å². The Kier molecular flexibility index (Phi) is 5.08. The third-order valence-electron chi connectivity index (χ3n) is 2.91. The Morgan fingerprint density at radius 2 is 1.68 bits per heavy atom. The van der Waals surface area contributed by atoms with Gasteiger partial charge in [-0.2, -0.15) is 0 Å². The highest BCUT2D eigenvalue weighted by Crippen LogP contribution is 2.31. The van der Waals surface area contributed by atoms with E-state index >= 15 is 0 Å². The number of benzene rings is 2. The van der Waals surface area contributed by atoms with E-state index in [4.69, 9.17) is 5.73 Å². The number of hydrogen-bond donors (Lipinski definition) is 1. The number of rotatable bonds is 4. The van der Waals surface area contributed by atoms with Crippen molar-refractivity contribution in [2.24, 2.45) is 5.73 Å². The zero-order chi connectivity index (χ0) is 13.8. The van der Waals surface area contributed by atoms with E-state index in [-0.39, 0.29) is 0 Å². The van der Waals surface area contributed by atoms with E-state index in [0.717, 1.165) is 15.8 Å². The fourth-order valence-electron chi connectivity index (χ4n) is 2.10. The SMILES string of the molecule is Cc1cc(C)cc(CSc2ccc(CN)cc2Br)c1. The lowest BCUT2D eigenvalue weighted by Gasteiger charge is -2.08. The van der Waals surface area contributed by atoms with Gasteiger partial charge >= 0.3 is 0 Å². The molecular weight excluding hydrogens is 318 g/mol. The van der Waals surface area contributed by atoms with E-state index in [9.17, 15) is 0 Å². The van der Waals surface area contributed by atoms with Crippen molar-refractivity contribution in [1.82, 2.24) is 0 Å². The fraction of sp³-hybridized carbons (Fsp3) is 0.250. The van der Waals surface area contributed by atoms with E-state index in [1.54, 1.807) is 0 Å². The maximum atomic E-state index is 5.64. The summed E-state index contributed by atoms with van der Waals surface area (Å²) in [5, 5.41) is 0. The van der Waals surface area contributed by atoms with Crippen LogP contribution >= 0.6 is 27.7 Å². The fourth-order valence-corrected chi connectivity index (χ4v) is 3.72. The average Bonchev–Trinajstić information content (AvgIpc) is 2.36. The molecule has 0 radical (unpaired) electrons. The molecule has 0 aliphatic rings. The molecule has 2 aromatic carbocycles. The van der Waals surface area contributed by atoms with Crippen molar-refractivity contribution in [1.29, 1.82) is 0 Å². The van der Waals surface area contributed by atoms with E-state index in [2.05, 4.69) is 66.2 Å². The number of halogens is 1. The van der Waals surface area contributed by atoms with E-state index in [1.807, 2.05) is 11.8 Å². The summed E-state index contributed by atoms with van der Waals surface area (Å²) in [4.78, 5) is 1.26. The van der Waals surface area contributed by atoms with Crippen molar-refractivity contribution in [2.45, 2.75) is 31.0 Å². The predicted molar refractivity (Wildman–Crippen MR) is 87.5 cm³/mol. The average molecular weight is 336 g/mol. The van der Waals surface area contributed by atoms with Crippen LogP contribution in [0.4, 0.5) is 0 Å². The predicted octanol–water partition coefficient (Wildman–Crippen LogP) is 4.82. The van der Waals surface area contributed by atoms with Crippen LogP contribution in [0.25, 0.3) is 0 Å². The largest absolute Gasteiger partial charge is 0.326 e. The molecule has 0 amide bonds. The van der Waals surface area contributed by atoms with Crippen LogP contribution in [0.5, 0.6) is 0 Å². The Hall–Kier alpha value is -0.770. The van der Waals surface area contributed by atoms with Gasteiger partial charge in [0.1, 0.15) is 0 Å². The van der Waals surface area contributed by atoms with Crippen molar-refractivity contribution in [3.63, 3.8) is 0 Å². The molecule has 0 heterocycles. The number of nitrogens with two attached hydrogens (primary N) is 1. The number of hydrogen-bond acceptors (Lipinski definition) is 2. The van der Waals surface area contributed by atoms with Gasteiger partial charge in [0.05, 0.1) is 0 Å². The molecule has 19 heavy (non-hydrogen) atoms. The van der Waals surface area contributed by atoms with Gasteiger partial charge in [0.15, 0.2) is 0 Å². The van der Waals surface area contributed by atoms with E-state index < -0.39 is 0 Å². The first kappa shape index (κ1) is 14.6. The molecule has 2 rings (SSSR count). The first-order valence-electron chi connectivity index (χ1n) is 6.27. The monoisotopic (exact) mass is 335 g/mol. The Labute approximate surface area is 127 Å². The van der Waals surface area contributed by atoms with Crippen LogP contribution < -0.4 is 5.73 Å². The molecule has 2 aromatic rings. The molecule has 2 N–H and O–H groups in total. The summed E-state index contributed by atoms with van der Waals surface area (Å²) in [5.74, 6) is 0.989. The normalized spacial score (nSPS) is 10.7. The smallest absolute Gasteiger partial charge is 0.0314 e. The molecule has 0 atom stereocenters. The maximum Gasteiger partial charge on any atom is 0.0314 e. The van der Waals surface area contributed by atoms with Crippen LogP contribution in [0.2, 0.25) is 0 Å². The summed E-state index contributed by atoms with van der Waals surface area (Å²) in [5.41, 5.74) is 10.8. The Balaban J connectivity index is 2.10. The van der Waals surface area contributed by atoms with Crippen LogP contribution in [-0.2, 0) is 12.3 Å². The molecule has 0 saturated carbocycles. The van der Waals surface area contributed by atoms with Gasteiger partial charge in [-0.15, -0.1) is 11.8 Å². The molecule has 0 fully saturated rings. The van der Waals surface area contributed by atoms with Gasteiger partial charge in [-0.1, -0.05) is 35.4 Å². The van der Waals surface area contributed by atoms with Crippen LogP contribution in [0, 0.1) is 13.8 Å². The molecule has 0 aromatic heterocycles. The van der Waals surface area contributed by atoms with Crippen molar-refractivity contribution < 1.29 is 0 Å². The second-order valence-corrected chi connectivity index (χ2v) is 6.63. The van der Waals surface area contributed by atoms with Gasteiger partial charge < -0.3 is 5.73 Å². The van der Waals surface area contributed by atoms with Gasteiger partial charge in [0.2, 0.25) is 0 Å². The minimum atomic E-state index is 0.584. The van der Waals surface area contributed by atoms with Crippen molar-refractivity contribution in [3.8, 4) is 0 Å². The minimum absolute atomic E-state index is 0.584. The van der Waals surface area contributed by atoms with E-state index in [1.165, 1.54) is 21.6 Å². The highest BCUT2D eigenvalue weighted by Gasteiger charge is 2.03. The molecule has 1 nitrogen and oxygen atoms in total. The van der Waals surface area contributed by atoms with Crippen LogP contribution in [-0.4, -0.2) is 0 Å². The Morgan fingerprint density at radius 1 is 1.00 bits per heavy atom. The molecule has 3 heteroatoms. The highest BCUT2D eigenvalue weighted by atomic mass is 79.9. The van der Waals surface area contributed by atoms with Gasteiger partial charge in [0, 0.05) is 21.7 Å². The lowest BCUT2D eigenvalue weighted by molar-refractivity contribution is 1.06. The van der Waals surface area contributed by atoms with Crippen LogP contribution in [0.15, 0.2) is 45.8 Å². The van der Waals surface area contributed by atoms with Gasteiger partial charge in [0.25, 0.3) is 0 Å². The Morgan fingerprint density at radius 3 is 2.26 bits per heavy atom. The third-order valence-corrected chi connectivity index (χ3v) is 4.97. The molecule has 0 saturated heterocycles. The third kappa shape index (κ3) is 4.10. The van der Waals surface area contributed by atoms with Gasteiger partial charge in [-0.05, 0) is 53.0 Å². The van der Waals surface area contributed by atoms with Gasteiger partial charge in [-0.25, -0.2) is 0 Å². The lowest BCUT2D eigenvalue weighted by atomic mass is 10.1. The highest BCUT2D eigenvalue weighted by molar-refractivity contribution is 9.10. The lowest BCUT2D eigenvalue weighted by Crippen LogP contribution is -1.95. The van der Waals surface area contributed by atoms with Crippen LogP contribution in [0.3, 0.4) is 0 Å². The molecule has 0 bridgehead atoms. The summed E-state index contributed by atoms with van der Waals surface area (Å²) in [6.07, 6.45) is 0. The zero-order valence-corrected chi connectivity index (χ0v) is 13.6. The molecule has 0 aliphatic heterocycles. The molecule has 100 valence electrons. The molecule has 0 spiro atoms. The quantitative estimate of drug-likeness (QED) is 0.811. The second-order valence-electron chi connectivity index (χ2n) is 4.75. The summed E-state index contributed by atoms with van der Waals surface area (Å²) < 4.78 is 1.13. The topological polar surface area (TPSA) is 26.0 Å². The first-order chi connectivity index (χ1) is 9.08. The van der Waals surface area contributed by atoms with Crippen molar-refractivity contribution in [2.75, 3.05) is 0 Å². The first-order valence-corrected chi connectivity index (χ1v) is 8.05. The summed E-state index contributed by atoms with van der Waals surface area (Å²) in [6.45, 7) is 4.88. The molecule has 0 unspecified atom stereocenters. The molecule has 0 aliphatic carbocycles. The standard InChI is InChI=1S/C16H18BrNS/c1-11-5-12(2)7-14(6-11)10-19-16-4-3-13(9-18)8-15(16)17/h3-8H,9-10,18H2,1-2H3. The number of thioether (sulfide) groups is 1. The summed E-state index contributed by atoms with van der Waals surface area (Å²) in [6, 6.07) is 13.0. The summed E-state index contributed by atoms with van der Waals surface area (Å²) >= 11 is 5.46. The minimum Gasteiger partial charge on any atom is -0.326 e. The van der Waals surface area contributed by atoms with E-state index in [0.29, 0.717) is 6.54 Å². The maximum absolute atomic E-state index is 5.64. The number of aryl methyl sites for hydroxylation is 2. The Bertz CT molecular complexity index is 561. The van der Waals surface area contributed by atoms with Crippen LogP contribution in [0.1, 0.15) is 22.3 Å². The zero-order valence-electron chi connectivity index (χ0n) is 11.2. The second kappa shape index (κ2) is 6.60.